The van der Waals surface area contributed by atoms with E-state index in [2.05, 4.69) is 30.2 Å². The van der Waals surface area contributed by atoms with Gasteiger partial charge in [-0.05, 0) is 30.3 Å². The van der Waals surface area contributed by atoms with Crippen molar-refractivity contribution in [3.63, 3.8) is 0 Å². The second-order valence-electron chi connectivity index (χ2n) is 7.50. The summed E-state index contributed by atoms with van der Waals surface area (Å²) in [5.41, 5.74) is 2.62. The molecule has 1 aliphatic heterocycles. The van der Waals surface area contributed by atoms with Crippen LogP contribution < -0.4 is 4.90 Å². The topological polar surface area (TPSA) is 101 Å². The Morgan fingerprint density at radius 3 is 2.85 bits per heavy atom. The fourth-order valence-electron chi connectivity index (χ4n) is 4.10. The first-order valence-electron chi connectivity index (χ1n) is 10.1. The van der Waals surface area contributed by atoms with Crippen molar-refractivity contribution in [2.24, 2.45) is 0 Å². The van der Waals surface area contributed by atoms with Crippen molar-refractivity contribution >= 4 is 11.5 Å². The Hall–Kier alpha value is -4.22. The average Bonchev–Trinajstić information content (AvgIpc) is 3.56. The van der Waals surface area contributed by atoms with Gasteiger partial charge in [0.25, 0.3) is 12.3 Å². The van der Waals surface area contributed by atoms with Gasteiger partial charge in [0.2, 0.25) is 5.95 Å². The van der Waals surface area contributed by atoms with Gasteiger partial charge in [0.15, 0.2) is 0 Å². The van der Waals surface area contributed by atoms with E-state index in [0.717, 1.165) is 5.69 Å². The smallest absolute Gasteiger partial charge is 0.319 e. The number of aromatic amines is 1. The minimum atomic E-state index is -2.68. The molecular weight excluding hydrogens is 437 g/mol. The van der Waals surface area contributed by atoms with Gasteiger partial charge < -0.3 is 14.3 Å². The summed E-state index contributed by atoms with van der Waals surface area (Å²) in [6.07, 6.45) is -0.475. The zero-order valence-electron chi connectivity index (χ0n) is 16.9. The van der Waals surface area contributed by atoms with Crippen LogP contribution in [0.4, 0.5) is 19.2 Å². The number of anilines is 1. The minimum absolute atomic E-state index is 0.0612. The number of pyridine rings is 2. The number of aromatic nitrogens is 7. The van der Waals surface area contributed by atoms with E-state index in [1.54, 1.807) is 30.6 Å². The Morgan fingerprint density at radius 2 is 2.00 bits per heavy atom. The van der Waals surface area contributed by atoms with Gasteiger partial charge in [-0.2, -0.15) is 9.49 Å². The molecular formula is C21H15F3N8O. The highest BCUT2D eigenvalue weighted by atomic mass is 19.3. The lowest BCUT2D eigenvalue weighted by atomic mass is 10.0. The molecule has 9 nitrogen and oxygen atoms in total. The van der Waals surface area contributed by atoms with Gasteiger partial charge in [-0.1, -0.05) is 17.2 Å². The molecule has 166 valence electrons. The van der Waals surface area contributed by atoms with Crippen LogP contribution in [0.25, 0.3) is 17.1 Å². The highest BCUT2D eigenvalue weighted by Crippen LogP contribution is 2.37. The Labute approximate surface area is 183 Å². The van der Waals surface area contributed by atoms with E-state index in [4.69, 9.17) is 4.42 Å². The van der Waals surface area contributed by atoms with Crippen molar-refractivity contribution in [1.82, 2.24) is 34.8 Å². The molecule has 0 spiro atoms. The van der Waals surface area contributed by atoms with Crippen molar-refractivity contribution in [3.05, 3.63) is 77.5 Å². The van der Waals surface area contributed by atoms with Gasteiger partial charge >= 0.3 is 6.01 Å². The molecule has 1 N–H and O–H groups in total. The number of rotatable bonds is 4. The predicted octanol–water partition coefficient (Wildman–Crippen LogP) is 3.73. The van der Waals surface area contributed by atoms with E-state index >= 15 is 0 Å². The summed E-state index contributed by atoms with van der Waals surface area (Å²) in [6.45, 7) is 0.480. The molecule has 6 heterocycles. The predicted molar refractivity (Wildman–Crippen MR) is 109 cm³/mol. The maximum Gasteiger partial charge on any atom is 0.319 e. The number of H-pyrrole nitrogens is 1. The third-order valence-electron chi connectivity index (χ3n) is 5.56. The summed E-state index contributed by atoms with van der Waals surface area (Å²) < 4.78 is 47.6. The van der Waals surface area contributed by atoms with Crippen LogP contribution in [-0.2, 0) is 6.42 Å². The standard InChI is InChI=1S/C21H15F3N8O/c22-16-6-2-4-13(27-16)20-28-29-21(33-20)31-8-7-12-17(26-10-25-12)18(31)14-9-11-3-1-5-15(19(23)24)32(11)30-14/h1-6,9-10,18-19H,7-8H2,(H,25,26)/t18-/m1/s1. The summed E-state index contributed by atoms with van der Waals surface area (Å²) in [5.74, 6) is -0.602. The van der Waals surface area contributed by atoms with Crippen molar-refractivity contribution in [3.8, 4) is 11.6 Å². The van der Waals surface area contributed by atoms with E-state index in [0.29, 0.717) is 29.9 Å². The number of hydrogen-bond donors (Lipinski definition) is 1. The van der Waals surface area contributed by atoms with E-state index in [1.165, 1.54) is 22.7 Å². The second-order valence-corrected chi connectivity index (χ2v) is 7.50. The Balaban J connectivity index is 1.45. The SMILES string of the molecule is Fc1cccc(-c2nnc(N3CCc4[nH]cnc4[C@H]3c3cc4cccc(C(F)F)n4n3)o2)n1. The largest absolute Gasteiger partial charge is 0.402 e. The third-order valence-corrected chi connectivity index (χ3v) is 5.56. The van der Waals surface area contributed by atoms with Crippen molar-refractivity contribution in [2.45, 2.75) is 18.9 Å². The molecule has 0 saturated carbocycles. The first-order chi connectivity index (χ1) is 16.1. The molecule has 12 heteroatoms. The molecule has 0 unspecified atom stereocenters. The lowest BCUT2D eigenvalue weighted by molar-refractivity contribution is 0.143. The summed E-state index contributed by atoms with van der Waals surface area (Å²) in [4.78, 5) is 13.2. The molecule has 1 atom stereocenters. The Morgan fingerprint density at radius 1 is 1.12 bits per heavy atom. The molecule has 0 aromatic carbocycles. The first kappa shape index (κ1) is 19.5. The third kappa shape index (κ3) is 3.22. The van der Waals surface area contributed by atoms with Gasteiger partial charge in [-0.25, -0.2) is 23.3 Å². The van der Waals surface area contributed by atoms with Crippen LogP contribution in [0.1, 0.15) is 35.2 Å². The maximum absolute atomic E-state index is 13.5. The van der Waals surface area contributed by atoms with Crippen LogP contribution in [0.5, 0.6) is 0 Å². The lowest BCUT2D eigenvalue weighted by Crippen LogP contribution is -2.37. The van der Waals surface area contributed by atoms with Crippen molar-refractivity contribution < 1.29 is 17.6 Å². The number of fused-ring (bicyclic) bond motifs is 2. The van der Waals surface area contributed by atoms with E-state index in [-0.39, 0.29) is 23.3 Å². The van der Waals surface area contributed by atoms with Gasteiger partial charge in [-0.15, -0.1) is 5.10 Å². The van der Waals surface area contributed by atoms with E-state index in [1.807, 2.05) is 4.90 Å². The number of nitrogens with one attached hydrogen (secondary N) is 1. The number of imidazole rings is 1. The number of halogens is 3. The molecule has 5 aromatic heterocycles. The van der Waals surface area contributed by atoms with Gasteiger partial charge in [-0.3, -0.25) is 0 Å². The molecule has 0 radical (unpaired) electrons. The quantitative estimate of drug-likeness (QED) is 0.415. The van der Waals surface area contributed by atoms with Crippen molar-refractivity contribution in [1.29, 1.82) is 0 Å². The maximum atomic E-state index is 13.5. The summed E-state index contributed by atoms with van der Waals surface area (Å²) in [6, 6.07) is 10.2. The van der Waals surface area contributed by atoms with Crippen LogP contribution in [0.2, 0.25) is 0 Å². The molecule has 1 aliphatic rings. The Bertz CT molecular complexity index is 1460. The molecule has 0 saturated heterocycles. The number of nitrogens with zero attached hydrogens (tertiary/aromatic N) is 7. The van der Waals surface area contributed by atoms with Gasteiger partial charge in [0.1, 0.15) is 17.4 Å². The van der Waals surface area contributed by atoms with Crippen LogP contribution >= 0.6 is 0 Å². The number of hydrogen-bond acceptors (Lipinski definition) is 7. The lowest BCUT2D eigenvalue weighted by Gasteiger charge is -2.32. The minimum Gasteiger partial charge on any atom is -0.402 e. The molecule has 0 fully saturated rings. The Kier molecular flexibility index (Phi) is 4.38. The van der Waals surface area contributed by atoms with Crippen LogP contribution in [0.3, 0.4) is 0 Å². The normalized spacial score (nSPS) is 16.0. The van der Waals surface area contributed by atoms with Crippen molar-refractivity contribution in [2.75, 3.05) is 11.4 Å². The fraction of sp³-hybridized carbons (Fsp3) is 0.190. The van der Waals surface area contributed by atoms with Crippen LogP contribution in [-0.4, -0.2) is 41.3 Å². The van der Waals surface area contributed by atoms with E-state index < -0.39 is 18.4 Å². The van der Waals surface area contributed by atoms with Gasteiger partial charge in [0, 0.05) is 18.7 Å². The number of alkyl halides is 2. The van der Waals surface area contributed by atoms with Crippen LogP contribution in [0.15, 0.2) is 53.2 Å². The fourth-order valence-corrected chi connectivity index (χ4v) is 4.10. The molecule has 0 bridgehead atoms. The first-order valence-corrected chi connectivity index (χ1v) is 10.1. The summed E-state index contributed by atoms with van der Waals surface area (Å²) in [5, 5.41) is 12.6. The molecule has 0 aliphatic carbocycles. The van der Waals surface area contributed by atoms with Gasteiger partial charge in [0.05, 0.1) is 23.2 Å². The average molecular weight is 452 g/mol. The molecule has 0 amide bonds. The molecule has 33 heavy (non-hydrogen) atoms. The molecule has 6 rings (SSSR count). The highest BCUT2D eigenvalue weighted by Gasteiger charge is 2.36. The summed E-state index contributed by atoms with van der Waals surface area (Å²) >= 11 is 0. The summed E-state index contributed by atoms with van der Waals surface area (Å²) in [7, 11) is 0. The van der Waals surface area contributed by atoms with Crippen LogP contribution in [0, 0.1) is 5.95 Å². The highest BCUT2D eigenvalue weighted by molar-refractivity contribution is 5.54. The molecule has 5 aromatic rings. The zero-order valence-corrected chi connectivity index (χ0v) is 16.9. The zero-order chi connectivity index (χ0) is 22.5. The van der Waals surface area contributed by atoms with E-state index in [9.17, 15) is 13.2 Å². The second kappa shape index (κ2) is 7.43. The monoisotopic (exact) mass is 452 g/mol.